The van der Waals surface area contributed by atoms with Crippen LogP contribution in [0.5, 0.6) is 0 Å². The second kappa shape index (κ2) is 7.61. The van der Waals surface area contributed by atoms with Crippen LogP contribution in [0.25, 0.3) is 10.6 Å². The van der Waals surface area contributed by atoms with E-state index in [-0.39, 0.29) is 12.2 Å². The lowest BCUT2D eigenvalue weighted by atomic mass is 10.1. The van der Waals surface area contributed by atoms with Crippen LogP contribution in [0.15, 0.2) is 42.5 Å². The van der Waals surface area contributed by atoms with Gasteiger partial charge in [0.15, 0.2) is 0 Å². The maximum Gasteiger partial charge on any atom is 0.319 e. The molecule has 0 unspecified atom stereocenters. The largest absolute Gasteiger partial charge is 0.333 e. The van der Waals surface area contributed by atoms with E-state index in [9.17, 15) is 13.6 Å². The molecule has 4 nitrogen and oxygen atoms in total. The highest BCUT2D eigenvalue weighted by atomic mass is 32.1. The molecule has 2 aromatic carbocycles. The van der Waals surface area contributed by atoms with Crippen molar-refractivity contribution in [3.8, 4) is 10.6 Å². The van der Waals surface area contributed by atoms with E-state index in [4.69, 9.17) is 0 Å². The summed E-state index contributed by atoms with van der Waals surface area (Å²) in [5, 5.41) is 5.93. The van der Waals surface area contributed by atoms with Gasteiger partial charge in [-0.2, -0.15) is 0 Å². The van der Waals surface area contributed by atoms with Crippen molar-refractivity contribution in [2.75, 3.05) is 5.32 Å². The maximum absolute atomic E-state index is 13.6. The summed E-state index contributed by atoms with van der Waals surface area (Å²) >= 11 is 1.50. The first kappa shape index (κ1) is 18.0. The van der Waals surface area contributed by atoms with Crippen LogP contribution in [0, 0.1) is 25.5 Å². The van der Waals surface area contributed by atoms with E-state index in [1.165, 1.54) is 17.4 Å². The van der Waals surface area contributed by atoms with Gasteiger partial charge < -0.3 is 10.6 Å². The number of rotatable bonds is 4. The fourth-order valence-electron chi connectivity index (χ4n) is 2.44. The van der Waals surface area contributed by atoms with Crippen LogP contribution in [-0.4, -0.2) is 11.0 Å². The Morgan fingerprint density at radius 2 is 1.92 bits per heavy atom. The molecular weight excluding hydrogens is 356 g/mol. The highest BCUT2D eigenvalue weighted by Crippen LogP contribution is 2.30. The number of thiazole rings is 1. The summed E-state index contributed by atoms with van der Waals surface area (Å²) in [5.74, 6) is -1.52. The van der Waals surface area contributed by atoms with Gasteiger partial charge in [0, 0.05) is 16.5 Å². The van der Waals surface area contributed by atoms with E-state index in [2.05, 4.69) is 15.6 Å². The average Bonchev–Trinajstić information content (AvgIpc) is 2.96. The molecule has 0 radical (unpaired) electrons. The molecule has 1 aromatic heterocycles. The number of hydrogen-bond acceptors (Lipinski definition) is 3. The molecule has 0 spiro atoms. The van der Waals surface area contributed by atoms with Gasteiger partial charge in [-0.05, 0) is 31.5 Å². The Hall–Kier alpha value is -2.80. The standard InChI is InChI=1S/C19H17F2N3OS/c1-11-5-3-4-6-14(11)18-23-12(2)17(26-18)10-22-19(25)24-16-8-7-13(20)9-15(16)21/h3-9H,10H2,1-2H3,(H2,22,24,25). The summed E-state index contributed by atoms with van der Waals surface area (Å²) in [6.45, 7) is 4.17. The van der Waals surface area contributed by atoms with Gasteiger partial charge in [-0.15, -0.1) is 11.3 Å². The zero-order valence-corrected chi connectivity index (χ0v) is 15.1. The molecule has 7 heteroatoms. The van der Waals surface area contributed by atoms with E-state index in [1.54, 1.807) is 0 Å². The van der Waals surface area contributed by atoms with Crippen molar-refractivity contribution in [2.45, 2.75) is 20.4 Å². The number of carbonyl (C=O) groups is 1. The summed E-state index contributed by atoms with van der Waals surface area (Å²) in [4.78, 5) is 17.5. The molecule has 0 saturated heterocycles. The molecule has 2 amide bonds. The molecule has 0 aliphatic heterocycles. The van der Waals surface area contributed by atoms with Gasteiger partial charge in [0.2, 0.25) is 0 Å². The summed E-state index contributed by atoms with van der Waals surface area (Å²) in [7, 11) is 0. The Morgan fingerprint density at radius 1 is 1.15 bits per heavy atom. The van der Waals surface area contributed by atoms with Gasteiger partial charge in [0.05, 0.1) is 17.9 Å². The second-order valence-corrected chi connectivity index (χ2v) is 6.86. The number of aromatic nitrogens is 1. The lowest BCUT2D eigenvalue weighted by Crippen LogP contribution is -2.28. The fourth-order valence-corrected chi connectivity index (χ4v) is 3.53. The molecule has 3 aromatic rings. The Morgan fingerprint density at radius 3 is 2.65 bits per heavy atom. The predicted molar refractivity (Wildman–Crippen MR) is 99.2 cm³/mol. The molecule has 2 N–H and O–H groups in total. The number of carbonyl (C=O) groups excluding carboxylic acids is 1. The van der Waals surface area contributed by atoms with Crippen molar-refractivity contribution in [1.29, 1.82) is 0 Å². The summed E-state index contributed by atoms with van der Waals surface area (Å²) in [5.41, 5.74) is 2.95. The summed E-state index contributed by atoms with van der Waals surface area (Å²) in [6, 6.07) is 10.4. The fraction of sp³-hybridized carbons (Fsp3) is 0.158. The zero-order valence-electron chi connectivity index (χ0n) is 14.3. The Kier molecular flexibility index (Phi) is 5.27. The molecule has 3 rings (SSSR count). The molecule has 0 bridgehead atoms. The molecule has 0 aliphatic carbocycles. The van der Waals surface area contributed by atoms with Crippen molar-refractivity contribution in [1.82, 2.24) is 10.3 Å². The third-order valence-electron chi connectivity index (χ3n) is 3.86. The normalized spacial score (nSPS) is 10.6. The van der Waals surface area contributed by atoms with Gasteiger partial charge in [0.1, 0.15) is 16.6 Å². The van der Waals surface area contributed by atoms with Crippen LogP contribution in [-0.2, 0) is 6.54 Å². The monoisotopic (exact) mass is 373 g/mol. The van der Waals surface area contributed by atoms with Crippen molar-refractivity contribution in [2.24, 2.45) is 0 Å². The van der Waals surface area contributed by atoms with Crippen LogP contribution in [0.3, 0.4) is 0 Å². The molecule has 0 aliphatic rings. The Labute approximate surface area is 153 Å². The molecular formula is C19H17F2N3OS. The van der Waals surface area contributed by atoms with E-state index >= 15 is 0 Å². The first-order valence-corrected chi connectivity index (χ1v) is 8.78. The minimum atomic E-state index is -0.823. The van der Waals surface area contributed by atoms with Gasteiger partial charge in [-0.3, -0.25) is 0 Å². The predicted octanol–water partition coefficient (Wildman–Crippen LogP) is 5.03. The minimum Gasteiger partial charge on any atom is -0.333 e. The quantitative estimate of drug-likeness (QED) is 0.674. The number of aryl methyl sites for hydroxylation is 2. The third-order valence-corrected chi connectivity index (χ3v) is 5.05. The van der Waals surface area contributed by atoms with E-state index < -0.39 is 17.7 Å². The van der Waals surface area contributed by atoms with E-state index in [0.717, 1.165) is 38.8 Å². The summed E-state index contributed by atoms with van der Waals surface area (Å²) in [6.07, 6.45) is 0. The van der Waals surface area contributed by atoms with Gasteiger partial charge in [-0.1, -0.05) is 24.3 Å². The first-order valence-electron chi connectivity index (χ1n) is 7.96. The third kappa shape index (κ3) is 4.05. The lowest BCUT2D eigenvalue weighted by Gasteiger charge is -2.08. The number of hydrogen-bond donors (Lipinski definition) is 2. The summed E-state index contributed by atoms with van der Waals surface area (Å²) < 4.78 is 26.5. The molecule has 0 fully saturated rings. The van der Waals surface area contributed by atoms with E-state index in [0.29, 0.717) is 0 Å². The van der Waals surface area contributed by atoms with Crippen LogP contribution >= 0.6 is 11.3 Å². The average molecular weight is 373 g/mol. The number of anilines is 1. The second-order valence-electron chi connectivity index (χ2n) is 5.77. The number of benzene rings is 2. The van der Waals surface area contributed by atoms with Gasteiger partial charge >= 0.3 is 6.03 Å². The van der Waals surface area contributed by atoms with Crippen LogP contribution in [0.1, 0.15) is 16.1 Å². The highest BCUT2D eigenvalue weighted by Gasteiger charge is 2.13. The topological polar surface area (TPSA) is 54.0 Å². The maximum atomic E-state index is 13.6. The Balaban J connectivity index is 1.66. The number of halogens is 2. The first-order chi connectivity index (χ1) is 12.4. The van der Waals surface area contributed by atoms with Crippen molar-refractivity contribution >= 4 is 23.1 Å². The minimum absolute atomic E-state index is 0.0782. The molecule has 134 valence electrons. The molecule has 0 saturated carbocycles. The molecule has 0 atom stereocenters. The molecule has 1 heterocycles. The highest BCUT2D eigenvalue weighted by molar-refractivity contribution is 7.15. The number of nitrogens with zero attached hydrogens (tertiary/aromatic N) is 1. The van der Waals surface area contributed by atoms with Crippen molar-refractivity contribution < 1.29 is 13.6 Å². The SMILES string of the molecule is Cc1ccccc1-c1nc(C)c(CNC(=O)Nc2ccc(F)cc2F)s1. The lowest BCUT2D eigenvalue weighted by molar-refractivity contribution is 0.251. The van der Waals surface area contributed by atoms with Crippen molar-refractivity contribution in [3.05, 3.63) is 70.2 Å². The van der Waals surface area contributed by atoms with Crippen molar-refractivity contribution in [3.63, 3.8) is 0 Å². The number of urea groups is 1. The number of nitrogens with one attached hydrogen (secondary N) is 2. The van der Waals surface area contributed by atoms with Crippen LogP contribution in [0.4, 0.5) is 19.3 Å². The van der Waals surface area contributed by atoms with Gasteiger partial charge in [0.25, 0.3) is 0 Å². The van der Waals surface area contributed by atoms with Crippen LogP contribution in [0.2, 0.25) is 0 Å². The van der Waals surface area contributed by atoms with E-state index in [1.807, 2.05) is 38.1 Å². The zero-order chi connectivity index (χ0) is 18.7. The molecule has 26 heavy (non-hydrogen) atoms. The Bertz CT molecular complexity index is 956. The van der Waals surface area contributed by atoms with Gasteiger partial charge in [-0.25, -0.2) is 18.6 Å². The number of amides is 2. The smallest absolute Gasteiger partial charge is 0.319 e. The van der Waals surface area contributed by atoms with Crippen LogP contribution < -0.4 is 10.6 Å².